The summed E-state index contributed by atoms with van der Waals surface area (Å²) in [5.74, 6) is -2.58. The molecule has 0 radical (unpaired) electrons. The van der Waals surface area contributed by atoms with Gasteiger partial charge >= 0.3 is 11.6 Å². The van der Waals surface area contributed by atoms with Gasteiger partial charge in [0.2, 0.25) is 5.96 Å². The van der Waals surface area contributed by atoms with Gasteiger partial charge in [-0.15, -0.1) is 5.06 Å². The predicted molar refractivity (Wildman–Crippen MR) is 105 cm³/mol. The van der Waals surface area contributed by atoms with Crippen LogP contribution in [0, 0.1) is 6.92 Å². The average molecular weight is 414 g/mol. The number of benzene rings is 1. The Labute approximate surface area is 168 Å². The van der Waals surface area contributed by atoms with E-state index in [0.717, 1.165) is 0 Å². The van der Waals surface area contributed by atoms with Gasteiger partial charge < -0.3 is 26.5 Å². The summed E-state index contributed by atoms with van der Waals surface area (Å²) in [6.45, 7) is 1.63. The fourth-order valence-corrected chi connectivity index (χ4v) is 2.88. The van der Waals surface area contributed by atoms with Crippen molar-refractivity contribution in [3.05, 3.63) is 39.7 Å². The van der Waals surface area contributed by atoms with Crippen LogP contribution in [0.4, 0.5) is 5.69 Å². The van der Waals surface area contributed by atoms with Gasteiger partial charge in [-0.1, -0.05) is 0 Å². The molecule has 6 N–H and O–H groups in total. The molecule has 1 saturated heterocycles. The van der Waals surface area contributed by atoms with Crippen LogP contribution in [0.2, 0.25) is 0 Å². The average Bonchev–Trinajstić information content (AvgIpc) is 2.96. The summed E-state index contributed by atoms with van der Waals surface area (Å²) in [6.07, 6.45) is -0.526. The highest BCUT2D eigenvalue weighted by atomic mass is 16.7. The smallest absolute Gasteiger partial charge is 0.340 e. The van der Waals surface area contributed by atoms with Gasteiger partial charge in [0.15, 0.2) is 5.96 Å². The molecule has 12 heteroatoms. The molecule has 1 fully saturated rings. The monoisotopic (exact) mass is 414 g/mol. The van der Waals surface area contributed by atoms with Crippen molar-refractivity contribution in [2.24, 2.45) is 27.2 Å². The summed E-state index contributed by atoms with van der Waals surface area (Å²) in [5.41, 5.74) is 16.3. The Morgan fingerprint density at radius 3 is 2.47 bits per heavy atom. The van der Waals surface area contributed by atoms with E-state index < -0.39 is 29.8 Å². The third-order valence-corrected chi connectivity index (χ3v) is 4.28. The molecule has 1 aliphatic heterocycles. The van der Waals surface area contributed by atoms with Gasteiger partial charge in [-0.2, -0.15) is 4.99 Å². The molecule has 1 aromatic carbocycles. The highest BCUT2D eigenvalue weighted by Crippen LogP contribution is 2.25. The molecular formula is C18H18N6O6. The second-order valence-corrected chi connectivity index (χ2v) is 6.40. The fraction of sp³-hybridized carbons (Fsp3) is 0.222. The molecule has 2 aromatic rings. The van der Waals surface area contributed by atoms with Crippen molar-refractivity contribution >= 4 is 46.4 Å². The SMILES string of the molecule is Cc1c(CC(=O)ON2C(=O)CCC2=O)c(=O)oc2cc(N=C(N)N=C(N)N)ccc12. The summed E-state index contributed by atoms with van der Waals surface area (Å²) in [4.78, 5) is 60.0. The molecule has 0 atom stereocenters. The minimum absolute atomic E-state index is 0.0260. The number of carbonyl (C=O) groups excluding carboxylic acids is 3. The van der Waals surface area contributed by atoms with Gasteiger partial charge in [0.05, 0.1) is 17.7 Å². The number of hydrogen-bond acceptors (Lipinski definition) is 7. The summed E-state index contributed by atoms with van der Waals surface area (Å²) in [5, 5.41) is 0.969. The molecule has 1 aromatic heterocycles. The number of imide groups is 1. The lowest BCUT2D eigenvalue weighted by Crippen LogP contribution is -2.33. The van der Waals surface area contributed by atoms with Crippen molar-refractivity contribution in [2.45, 2.75) is 26.2 Å². The third-order valence-electron chi connectivity index (χ3n) is 4.28. The Hall–Kier alpha value is -4.22. The Bertz CT molecular complexity index is 1160. The number of aryl methyl sites for hydroxylation is 1. The first kappa shape index (κ1) is 20.5. The van der Waals surface area contributed by atoms with Crippen LogP contribution in [0.3, 0.4) is 0 Å². The predicted octanol–water partition coefficient (Wildman–Crippen LogP) is -0.529. The first-order valence-corrected chi connectivity index (χ1v) is 8.72. The first-order chi connectivity index (χ1) is 14.2. The van der Waals surface area contributed by atoms with Crippen LogP contribution in [0.15, 0.2) is 37.4 Å². The van der Waals surface area contributed by atoms with Gasteiger partial charge in [-0.3, -0.25) is 9.59 Å². The van der Waals surface area contributed by atoms with E-state index in [-0.39, 0.29) is 35.9 Å². The van der Waals surface area contributed by atoms with Crippen LogP contribution in [0.25, 0.3) is 11.0 Å². The second-order valence-electron chi connectivity index (χ2n) is 6.40. The molecule has 0 spiro atoms. The molecule has 2 amide bonds. The maximum Gasteiger partial charge on any atom is 0.340 e. The van der Waals surface area contributed by atoms with Crippen molar-refractivity contribution < 1.29 is 23.6 Å². The van der Waals surface area contributed by atoms with Gasteiger partial charge in [0.25, 0.3) is 11.8 Å². The third kappa shape index (κ3) is 4.27. The molecule has 3 rings (SSSR count). The zero-order chi connectivity index (χ0) is 22.0. The standard InChI is InChI=1S/C18H18N6O6/c1-8-10-3-2-9(22-18(21)23-17(19)20)6-12(10)29-16(28)11(8)7-15(27)30-24-13(25)4-5-14(24)26/h2-3,6H,4-5,7H2,1H3,(H6,19,20,21,22,23). The minimum Gasteiger partial charge on any atom is -0.422 e. The summed E-state index contributed by atoms with van der Waals surface area (Å²) >= 11 is 0. The van der Waals surface area contributed by atoms with E-state index >= 15 is 0 Å². The van der Waals surface area contributed by atoms with E-state index in [9.17, 15) is 19.2 Å². The molecule has 30 heavy (non-hydrogen) atoms. The number of hydroxylamine groups is 2. The number of aliphatic imine (C=N–C) groups is 2. The van der Waals surface area contributed by atoms with Gasteiger partial charge in [0.1, 0.15) is 5.58 Å². The molecule has 0 saturated carbocycles. The largest absolute Gasteiger partial charge is 0.422 e. The van der Waals surface area contributed by atoms with Crippen molar-refractivity contribution in [3.8, 4) is 0 Å². The zero-order valence-electron chi connectivity index (χ0n) is 15.9. The number of guanidine groups is 2. The highest BCUT2D eigenvalue weighted by Gasteiger charge is 2.33. The van der Waals surface area contributed by atoms with E-state index in [1.165, 1.54) is 6.07 Å². The summed E-state index contributed by atoms with van der Waals surface area (Å²) in [6, 6.07) is 4.67. The van der Waals surface area contributed by atoms with E-state index in [4.69, 9.17) is 26.5 Å². The number of hydrogen-bond donors (Lipinski definition) is 3. The maximum atomic E-state index is 12.4. The van der Waals surface area contributed by atoms with Crippen molar-refractivity contribution in [1.29, 1.82) is 0 Å². The number of nitrogens with zero attached hydrogens (tertiary/aromatic N) is 3. The normalized spacial score (nSPS) is 14.3. The Kier molecular flexibility index (Phi) is 5.49. The van der Waals surface area contributed by atoms with Gasteiger partial charge in [-0.05, 0) is 24.6 Å². The quantitative estimate of drug-likeness (QED) is 0.255. The molecule has 156 valence electrons. The number of fused-ring (bicyclic) bond motifs is 1. The lowest BCUT2D eigenvalue weighted by Gasteiger charge is -2.13. The lowest BCUT2D eigenvalue weighted by atomic mass is 10.0. The fourth-order valence-electron chi connectivity index (χ4n) is 2.88. The highest BCUT2D eigenvalue weighted by molar-refractivity contribution is 6.01. The van der Waals surface area contributed by atoms with Crippen molar-refractivity contribution in [3.63, 3.8) is 0 Å². The van der Waals surface area contributed by atoms with Crippen LogP contribution in [-0.4, -0.2) is 34.8 Å². The van der Waals surface area contributed by atoms with Gasteiger partial charge in [0, 0.05) is 24.3 Å². The minimum atomic E-state index is -0.931. The molecular weight excluding hydrogens is 396 g/mol. The van der Waals surface area contributed by atoms with Crippen molar-refractivity contribution in [1.82, 2.24) is 5.06 Å². The van der Waals surface area contributed by atoms with Crippen LogP contribution in [0.1, 0.15) is 24.0 Å². The van der Waals surface area contributed by atoms with Gasteiger partial charge in [-0.25, -0.2) is 14.6 Å². The summed E-state index contributed by atoms with van der Waals surface area (Å²) < 4.78 is 5.28. The van der Waals surface area contributed by atoms with Crippen LogP contribution >= 0.6 is 0 Å². The number of carbonyl (C=O) groups is 3. The topological polar surface area (TPSA) is 197 Å². The van der Waals surface area contributed by atoms with E-state index in [1.54, 1.807) is 19.1 Å². The molecule has 2 heterocycles. The van der Waals surface area contributed by atoms with E-state index in [1.807, 2.05) is 0 Å². The van der Waals surface area contributed by atoms with Crippen LogP contribution in [0.5, 0.6) is 0 Å². The van der Waals surface area contributed by atoms with Crippen LogP contribution in [-0.2, 0) is 25.6 Å². The van der Waals surface area contributed by atoms with E-state index in [0.29, 0.717) is 21.7 Å². The molecule has 0 aliphatic carbocycles. The number of amides is 2. The molecule has 12 nitrogen and oxygen atoms in total. The van der Waals surface area contributed by atoms with Crippen molar-refractivity contribution in [2.75, 3.05) is 0 Å². The second kappa shape index (κ2) is 8.03. The Morgan fingerprint density at radius 2 is 1.83 bits per heavy atom. The molecule has 1 aliphatic rings. The van der Waals surface area contributed by atoms with Crippen LogP contribution < -0.4 is 22.8 Å². The Balaban J connectivity index is 1.88. The molecule has 0 unspecified atom stereocenters. The summed E-state index contributed by atoms with van der Waals surface area (Å²) in [7, 11) is 0. The number of nitrogens with two attached hydrogens (primary N) is 3. The Morgan fingerprint density at radius 1 is 1.17 bits per heavy atom. The lowest BCUT2D eigenvalue weighted by molar-refractivity contribution is -0.197. The van der Waals surface area contributed by atoms with E-state index in [2.05, 4.69) is 9.98 Å². The zero-order valence-corrected chi connectivity index (χ0v) is 15.9. The first-order valence-electron chi connectivity index (χ1n) is 8.72. The number of rotatable bonds is 4. The molecule has 0 bridgehead atoms. The maximum absolute atomic E-state index is 12.4.